The normalized spacial score (nSPS) is 11.6. The van der Waals surface area contributed by atoms with Crippen molar-refractivity contribution in [2.24, 2.45) is 0 Å². The van der Waals surface area contributed by atoms with Crippen LogP contribution >= 0.6 is 0 Å². The first-order chi connectivity index (χ1) is 30.2. The Kier molecular flexibility index (Phi) is 8.13. The number of furan rings is 1. The van der Waals surface area contributed by atoms with E-state index in [1.807, 2.05) is 30.3 Å². The lowest BCUT2D eigenvalue weighted by atomic mass is 9.89. The van der Waals surface area contributed by atoms with Crippen molar-refractivity contribution >= 4 is 54.3 Å². The first-order valence-electron chi connectivity index (χ1n) is 20.6. The Balaban J connectivity index is 1.05. The summed E-state index contributed by atoms with van der Waals surface area (Å²) < 4.78 is 6.55. The van der Waals surface area contributed by atoms with Crippen LogP contribution in [0, 0.1) is 0 Å². The molecule has 0 saturated heterocycles. The average Bonchev–Trinajstić information content (AvgIpc) is 3.73. The number of aromatic nitrogens is 3. The summed E-state index contributed by atoms with van der Waals surface area (Å²) in [4.78, 5) is 15.9. The Morgan fingerprint density at radius 2 is 0.836 bits per heavy atom. The summed E-state index contributed by atoms with van der Waals surface area (Å²) in [5.74, 6) is 1.79. The van der Waals surface area contributed by atoms with Gasteiger partial charge in [-0.3, -0.25) is 0 Å². The van der Waals surface area contributed by atoms with Crippen LogP contribution in [0.3, 0.4) is 0 Å². The maximum atomic E-state index is 6.55. The van der Waals surface area contributed by atoms with E-state index in [-0.39, 0.29) is 0 Å². The molecule has 0 aliphatic rings. The molecule has 0 N–H and O–H groups in total. The molecule has 4 heteroatoms. The zero-order valence-corrected chi connectivity index (χ0v) is 33.0. The maximum Gasteiger partial charge on any atom is 0.164 e. The number of fused-ring (bicyclic) bond motifs is 7. The van der Waals surface area contributed by atoms with E-state index in [9.17, 15) is 0 Å². The van der Waals surface area contributed by atoms with Gasteiger partial charge in [0.05, 0.1) is 0 Å². The van der Waals surface area contributed by atoms with Crippen LogP contribution in [0.25, 0.3) is 122 Å². The fourth-order valence-corrected chi connectivity index (χ4v) is 9.08. The fraction of sp³-hybridized carbons (Fsp3) is 0. The molecule has 61 heavy (non-hydrogen) atoms. The van der Waals surface area contributed by atoms with E-state index in [2.05, 4.69) is 182 Å². The molecule has 12 rings (SSSR count). The maximum absolute atomic E-state index is 6.55. The third-order valence-electron chi connectivity index (χ3n) is 12.0. The molecule has 0 unspecified atom stereocenters. The minimum absolute atomic E-state index is 0.586. The number of benzene rings is 10. The van der Waals surface area contributed by atoms with E-state index in [1.54, 1.807) is 0 Å². The van der Waals surface area contributed by atoms with Gasteiger partial charge >= 0.3 is 0 Å². The van der Waals surface area contributed by atoms with Gasteiger partial charge in [0, 0.05) is 33.0 Å². The summed E-state index contributed by atoms with van der Waals surface area (Å²) >= 11 is 0. The molecule has 0 spiro atoms. The molecule has 0 amide bonds. The van der Waals surface area contributed by atoms with Crippen LogP contribution in [0.1, 0.15) is 0 Å². The molecule has 0 aliphatic carbocycles. The fourth-order valence-electron chi connectivity index (χ4n) is 9.08. The van der Waals surface area contributed by atoms with E-state index >= 15 is 0 Å². The Bertz CT molecular complexity index is 3650. The molecular formula is C57H35N3O. The van der Waals surface area contributed by atoms with Gasteiger partial charge in [-0.2, -0.15) is 0 Å². The second-order valence-corrected chi connectivity index (χ2v) is 15.5. The van der Waals surface area contributed by atoms with Crippen molar-refractivity contribution in [3.05, 3.63) is 212 Å². The zero-order valence-electron chi connectivity index (χ0n) is 33.0. The SMILES string of the molecule is c1ccc(-c2ccccc2-c2nc(-c3ccc(-c4c5ccccc5cc5c4ccc4ccccc45)cc3)nc(-c3ccccc3-c3cccc4c3oc3ccccc34)n2)cc1. The molecule has 4 nitrogen and oxygen atoms in total. The van der Waals surface area contributed by atoms with Gasteiger partial charge in [-0.1, -0.05) is 200 Å². The third kappa shape index (κ3) is 5.88. The van der Waals surface area contributed by atoms with Crippen molar-refractivity contribution in [1.29, 1.82) is 0 Å². The number of para-hydroxylation sites is 2. The van der Waals surface area contributed by atoms with Gasteiger partial charge in [-0.25, -0.2) is 15.0 Å². The highest BCUT2D eigenvalue weighted by Gasteiger charge is 2.21. The first kappa shape index (κ1) is 34.8. The van der Waals surface area contributed by atoms with Crippen molar-refractivity contribution in [1.82, 2.24) is 15.0 Å². The van der Waals surface area contributed by atoms with Gasteiger partial charge in [-0.05, 0) is 72.3 Å². The molecule has 0 fully saturated rings. The standard InChI is InChI=1S/C57H35N3O/c1-2-15-36(16-3-1)41-19-8-10-24-49(41)56-58-55(59-57(60-56)50-25-11-9-22-44(50)47-26-14-27-48-45-23-12-13-28-52(45)61-54(47)48)39-31-29-38(30-32-39)53-43-21-7-5-18-40(43)35-51-42-20-6-4-17-37(42)33-34-46(51)53/h1-35H. The molecule has 10 aromatic carbocycles. The van der Waals surface area contributed by atoms with Gasteiger partial charge < -0.3 is 4.42 Å². The van der Waals surface area contributed by atoms with E-state index < -0.39 is 0 Å². The summed E-state index contributed by atoms with van der Waals surface area (Å²) in [6.45, 7) is 0. The lowest BCUT2D eigenvalue weighted by Crippen LogP contribution is -2.02. The average molecular weight is 778 g/mol. The highest BCUT2D eigenvalue weighted by Crippen LogP contribution is 2.42. The van der Waals surface area contributed by atoms with Crippen molar-refractivity contribution < 1.29 is 4.42 Å². The summed E-state index contributed by atoms with van der Waals surface area (Å²) in [5.41, 5.74) is 10.9. The Hall–Kier alpha value is -8.21. The van der Waals surface area contributed by atoms with Crippen LogP contribution in [-0.2, 0) is 0 Å². The Labute approximate surface area is 352 Å². The monoisotopic (exact) mass is 777 g/mol. The highest BCUT2D eigenvalue weighted by molar-refractivity contribution is 6.20. The number of hydrogen-bond acceptors (Lipinski definition) is 4. The van der Waals surface area contributed by atoms with Crippen molar-refractivity contribution in [2.45, 2.75) is 0 Å². The minimum atomic E-state index is 0.586. The van der Waals surface area contributed by atoms with E-state index in [4.69, 9.17) is 19.4 Å². The van der Waals surface area contributed by atoms with Gasteiger partial charge in [0.1, 0.15) is 11.2 Å². The van der Waals surface area contributed by atoms with Crippen LogP contribution in [-0.4, -0.2) is 15.0 Å². The molecule has 2 aromatic heterocycles. The summed E-state index contributed by atoms with van der Waals surface area (Å²) in [6.07, 6.45) is 0. The molecule has 0 atom stereocenters. The summed E-state index contributed by atoms with van der Waals surface area (Å²) in [5, 5.41) is 9.55. The quantitative estimate of drug-likeness (QED) is 0.125. The highest BCUT2D eigenvalue weighted by atomic mass is 16.3. The second-order valence-electron chi connectivity index (χ2n) is 15.5. The largest absolute Gasteiger partial charge is 0.455 e. The van der Waals surface area contributed by atoms with E-state index in [1.165, 1.54) is 37.9 Å². The van der Waals surface area contributed by atoms with Gasteiger partial charge in [0.2, 0.25) is 0 Å². The molecular weight excluding hydrogens is 743 g/mol. The van der Waals surface area contributed by atoms with Crippen molar-refractivity contribution in [2.75, 3.05) is 0 Å². The molecule has 0 bridgehead atoms. The van der Waals surface area contributed by atoms with Gasteiger partial charge in [0.25, 0.3) is 0 Å². The van der Waals surface area contributed by atoms with Crippen molar-refractivity contribution in [3.63, 3.8) is 0 Å². The first-order valence-corrected chi connectivity index (χ1v) is 20.6. The van der Waals surface area contributed by atoms with E-state index in [0.717, 1.165) is 66.4 Å². The summed E-state index contributed by atoms with van der Waals surface area (Å²) in [7, 11) is 0. The number of hydrogen-bond donors (Lipinski definition) is 0. The molecule has 12 aromatic rings. The molecule has 0 aliphatic heterocycles. The molecule has 284 valence electrons. The van der Waals surface area contributed by atoms with Crippen LogP contribution < -0.4 is 0 Å². The zero-order chi connectivity index (χ0) is 40.3. The van der Waals surface area contributed by atoms with E-state index in [0.29, 0.717) is 17.5 Å². The lowest BCUT2D eigenvalue weighted by Gasteiger charge is -2.15. The predicted octanol–water partition coefficient (Wildman–Crippen LogP) is 15.2. The third-order valence-corrected chi connectivity index (χ3v) is 12.0. The van der Waals surface area contributed by atoms with Crippen LogP contribution in [0.5, 0.6) is 0 Å². The van der Waals surface area contributed by atoms with Gasteiger partial charge in [0.15, 0.2) is 17.5 Å². The smallest absolute Gasteiger partial charge is 0.164 e. The topological polar surface area (TPSA) is 51.8 Å². The van der Waals surface area contributed by atoms with Crippen LogP contribution in [0.15, 0.2) is 217 Å². The summed E-state index contributed by atoms with van der Waals surface area (Å²) in [6, 6.07) is 74.5. The Morgan fingerprint density at radius 3 is 1.62 bits per heavy atom. The molecule has 0 radical (unpaired) electrons. The molecule has 2 heterocycles. The Morgan fingerprint density at radius 1 is 0.279 bits per heavy atom. The second kappa shape index (κ2) is 14.3. The van der Waals surface area contributed by atoms with Gasteiger partial charge in [-0.15, -0.1) is 0 Å². The van der Waals surface area contributed by atoms with Crippen molar-refractivity contribution in [3.8, 4) is 67.5 Å². The predicted molar refractivity (Wildman–Crippen MR) is 252 cm³/mol. The van der Waals surface area contributed by atoms with Crippen LogP contribution in [0.2, 0.25) is 0 Å². The lowest BCUT2D eigenvalue weighted by molar-refractivity contribution is 0.670. The number of nitrogens with zero attached hydrogens (tertiary/aromatic N) is 3. The molecule has 0 saturated carbocycles. The minimum Gasteiger partial charge on any atom is -0.455 e. The number of rotatable bonds is 6. The van der Waals surface area contributed by atoms with Crippen LogP contribution in [0.4, 0.5) is 0 Å².